The molecule has 6 heteroatoms. The number of hydrogen-bond donors (Lipinski definition) is 1. The first-order valence-electron chi connectivity index (χ1n) is 9.52. The molecule has 0 aliphatic heterocycles. The van der Waals surface area contributed by atoms with Gasteiger partial charge < -0.3 is 10.1 Å². The third kappa shape index (κ3) is 4.26. The number of benzene rings is 3. The van der Waals surface area contributed by atoms with E-state index < -0.39 is 5.97 Å². The van der Waals surface area contributed by atoms with Gasteiger partial charge in [-0.2, -0.15) is 0 Å². The van der Waals surface area contributed by atoms with Crippen LogP contribution >= 0.6 is 11.6 Å². The Hall–Kier alpha value is -3.44. The first-order chi connectivity index (χ1) is 14.5. The van der Waals surface area contributed by atoms with Crippen LogP contribution in [0, 0.1) is 0 Å². The first-order valence-corrected chi connectivity index (χ1v) is 9.89. The second-order valence-electron chi connectivity index (χ2n) is 6.98. The van der Waals surface area contributed by atoms with Crippen LogP contribution in [0.25, 0.3) is 21.7 Å². The van der Waals surface area contributed by atoms with E-state index in [0.717, 1.165) is 21.7 Å². The number of carbonyl (C=O) groups excluding carboxylic acids is 2. The zero-order chi connectivity index (χ0) is 21.1. The van der Waals surface area contributed by atoms with Crippen molar-refractivity contribution in [2.24, 2.45) is 0 Å². The van der Waals surface area contributed by atoms with Crippen molar-refractivity contribution >= 4 is 45.2 Å². The van der Waals surface area contributed by atoms with Crippen molar-refractivity contribution in [3.63, 3.8) is 0 Å². The fourth-order valence-electron chi connectivity index (χ4n) is 3.43. The third-order valence-electron chi connectivity index (χ3n) is 4.89. The predicted molar refractivity (Wildman–Crippen MR) is 118 cm³/mol. The monoisotopic (exact) mass is 418 g/mol. The molecule has 30 heavy (non-hydrogen) atoms. The lowest BCUT2D eigenvalue weighted by Gasteiger charge is -2.16. The molecule has 0 bridgehead atoms. The van der Waals surface area contributed by atoms with E-state index in [4.69, 9.17) is 16.3 Å². The Balaban J connectivity index is 1.39. The molecule has 1 amide bonds. The van der Waals surface area contributed by atoms with Gasteiger partial charge in [0.25, 0.3) is 5.91 Å². The number of rotatable bonds is 5. The largest absolute Gasteiger partial charge is 0.452 e. The van der Waals surface area contributed by atoms with E-state index in [1.165, 1.54) is 0 Å². The van der Waals surface area contributed by atoms with E-state index in [1.54, 1.807) is 30.3 Å². The van der Waals surface area contributed by atoms with Gasteiger partial charge in [-0.3, -0.25) is 4.79 Å². The van der Waals surface area contributed by atoms with Crippen LogP contribution in [0.5, 0.6) is 0 Å². The molecule has 1 heterocycles. The number of ether oxygens (including phenoxy) is 1. The van der Waals surface area contributed by atoms with Gasteiger partial charge in [-0.15, -0.1) is 0 Å². The highest BCUT2D eigenvalue weighted by Crippen LogP contribution is 2.24. The van der Waals surface area contributed by atoms with Gasteiger partial charge in [0.2, 0.25) is 0 Å². The number of esters is 1. The molecular weight excluding hydrogens is 400 g/mol. The second-order valence-corrected chi connectivity index (χ2v) is 7.36. The number of amides is 1. The maximum absolute atomic E-state index is 12.3. The van der Waals surface area contributed by atoms with E-state index in [0.29, 0.717) is 16.2 Å². The minimum Gasteiger partial charge on any atom is -0.452 e. The Bertz CT molecular complexity index is 1250. The summed E-state index contributed by atoms with van der Waals surface area (Å²) in [6.07, 6.45) is 0. The topological polar surface area (TPSA) is 68.3 Å². The minimum atomic E-state index is -0.570. The number of nitrogens with zero attached hydrogens (tertiary/aromatic N) is 1. The molecule has 0 saturated heterocycles. The first kappa shape index (κ1) is 19.9. The third-order valence-corrected chi connectivity index (χ3v) is 5.10. The fraction of sp³-hybridized carbons (Fsp3) is 0.125. The number of halogens is 1. The van der Waals surface area contributed by atoms with E-state index in [-0.39, 0.29) is 18.6 Å². The molecule has 150 valence electrons. The molecule has 0 aliphatic carbocycles. The predicted octanol–water partition coefficient (Wildman–Crippen LogP) is 5.08. The van der Waals surface area contributed by atoms with Crippen LogP contribution in [0.2, 0.25) is 5.15 Å². The van der Waals surface area contributed by atoms with E-state index in [9.17, 15) is 9.59 Å². The Morgan fingerprint density at radius 1 is 1.00 bits per heavy atom. The normalized spacial score (nSPS) is 11.9. The van der Waals surface area contributed by atoms with E-state index in [1.807, 2.05) is 49.4 Å². The van der Waals surface area contributed by atoms with Gasteiger partial charge in [0.05, 0.1) is 17.1 Å². The van der Waals surface area contributed by atoms with Gasteiger partial charge in [-0.05, 0) is 53.6 Å². The summed E-state index contributed by atoms with van der Waals surface area (Å²) in [4.78, 5) is 28.9. The van der Waals surface area contributed by atoms with Crippen LogP contribution < -0.4 is 5.32 Å². The van der Waals surface area contributed by atoms with Gasteiger partial charge in [-0.25, -0.2) is 9.78 Å². The average Bonchev–Trinajstić information content (AvgIpc) is 2.76. The van der Waals surface area contributed by atoms with E-state index >= 15 is 0 Å². The molecule has 3 aromatic carbocycles. The van der Waals surface area contributed by atoms with Crippen molar-refractivity contribution in [1.29, 1.82) is 0 Å². The number of carbonyl (C=O) groups is 2. The smallest absolute Gasteiger partial charge is 0.338 e. The van der Waals surface area contributed by atoms with Gasteiger partial charge in [0.15, 0.2) is 6.61 Å². The highest BCUT2D eigenvalue weighted by atomic mass is 35.5. The Labute approximate surface area is 178 Å². The molecular formula is C24H19ClN2O3. The van der Waals surface area contributed by atoms with Gasteiger partial charge in [-0.1, -0.05) is 54.1 Å². The number of pyridine rings is 1. The van der Waals surface area contributed by atoms with Crippen molar-refractivity contribution in [3.8, 4) is 0 Å². The maximum atomic E-state index is 12.3. The van der Waals surface area contributed by atoms with Crippen LogP contribution in [0.1, 0.15) is 28.9 Å². The number of nitrogens with one attached hydrogen (secondary N) is 1. The molecule has 0 fully saturated rings. The van der Waals surface area contributed by atoms with Crippen LogP contribution in [0.15, 0.2) is 72.8 Å². The lowest BCUT2D eigenvalue weighted by Crippen LogP contribution is -2.31. The number of aromatic nitrogens is 1. The number of hydrogen-bond acceptors (Lipinski definition) is 4. The summed E-state index contributed by atoms with van der Waals surface area (Å²) in [6.45, 7) is 1.55. The fourth-order valence-corrected chi connectivity index (χ4v) is 3.59. The van der Waals surface area contributed by atoms with Gasteiger partial charge in [0.1, 0.15) is 5.15 Å². The van der Waals surface area contributed by atoms with Gasteiger partial charge >= 0.3 is 5.97 Å². The molecule has 0 saturated carbocycles. The maximum Gasteiger partial charge on any atom is 0.338 e. The highest BCUT2D eigenvalue weighted by molar-refractivity contribution is 6.29. The molecule has 1 atom stereocenters. The Morgan fingerprint density at radius 3 is 2.67 bits per heavy atom. The van der Waals surface area contributed by atoms with E-state index in [2.05, 4.69) is 10.3 Å². The van der Waals surface area contributed by atoms with Crippen molar-refractivity contribution in [2.75, 3.05) is 6.61 Å². The summed E-state index contributed by atoms with van der Waals surface area (Å²) in [5.74, 6) is -0.933. The molecule has 0 spiro atoms. The van der Waals surface area contributed by atoms with Crippen LogP contribution in [-0.4, -0.2) is 23.5 Å². The molecule has 4 aromatic rings. The molecule has 1 N–H and O–H groups in total. The molecule has 5 nitrogen and oxygen atoms in total. The second kappa shape index (κ2) is 8.51. The molecule has 1 unspecified atom stereocenters. The number of fused-ring (bicyclic) bond motifs is 2. The highest BCUT2D eigenvalue weighted by Gasteiger charge is 2.15. The van der Waals surface area contributed by atoms with Crippen molar-refractivity contribution in [2.45, 2.75) is 13.0 Å². The average molecular weight is 419 g/mol. The Morgan fingerprint density at radius 2 is 1.80 bits per heavy atom. The SMILES string of the molecule is CC(NC(=O)COC(=O)c1ccc2nc(Cl)ccc2c1)c1cccc2ccccc12. The summed E-state index contributed by atoms with van der Waals surface area (Å²) in [7, 11) is 0. The summed E-state index contributed by atoms with van der Waals surface area (Å²) < 4.78 is 5.19. The quantitative estimate of drug-likeness (QED) is 0.362. The van der Waals surface area contributed by atoms with Crippen molar-refractivity contribution in [3.05, 3.63) is 89.1 Å². The summed E-state index contributed by atoms with van der Waals surface area (Å²) in [5, 5.41) is 6.23. The zero-order valence-electron chi connectivity index (χ0n) is 16.3. The molecule has 0 radical (unpaired) electrons. The summed E-state index contributed by atoms with van der Waals surface area (Å²) in [5.41, 5.74) is 2.04. The van der Waals surface area contributed by atoms with Crippen LogP contribution in [0.4, 0.5) is 0 Å². The van der Waals surface area contributed by atoms with Crippen molar-refractivity contribution in [1.82, 2.24) is 10.3 Å². The van der Waals surface area contributed by atoms with Crippen molar-refractivity contribution < 1.29 is 14.3 Å². The summed E-state index contributed by atoms with van der Waals surface area (Å²) in [6, 6.07) is 22.1. The molecule has 0 aliphatic rings. The zero-order valence-corrected chi connectivity index (χ0v) is 17.0. The lowest BCUT2D eigenvalue weighted by atomic mass is 10.00. The minimum absolute atomic E-state index is 0.223. The molecule has 1 aromatic heterocycles. The molecule has 4 rings (SSSR count). The van der Waals surface area contributed by atoms with Gasteiger partial charge in [0, 0.05) is 5.39 Å². The summed E-state index contributed by atoms with van der Waals surface area (Å²) >= 11 is 5.88. The van der Waals surface area contributed by atoms with Crippen LogP contribution in [-0.2, 0) is 9.53 Å². The lowest BCUT2D eigenvalue weighted by molar-refractivity contribution is -0.124. The Kier molecular flexibility index (Phi) is 5.63. The van der Waals surface area contributed by atoms with Crippen LogP contribution in [0.3, 0.4) is 0 Å². The standard InChI is InChI=1S/C24H19ClN2O3/c1-15(19-8-4-6-16-5-2-3-7-20(16)19)26-23(28)14-30-24(29)18-9-11-21-17(13-18)10-12-22(25)27-21/h2-13,15H,14H2,1H3,(H,26,28).